The SMILES string of the molecule is COC1CC[C@]2(CO2)C([C@H](C)[C@H](O)CCC(C)C)C1OC. The molecule has 1 saturated carbocycles. The molecular formula is C17H32O4. The number of hydrogen-bond acceptors (Lipinski definition) is 4. The van der Waals surface area contributed by atoms with Crippen LogP contribution in [0.1, 0.15) is 46.5 Å². The van der Waals surface area contributed by atoms with Crippen molar-refractivity contribution < 1.29 is 19.3 Å². The molecule has 2 fully saturated rings. The number of methoxy groups -OCH3 is 2. The third-order valence-electron chi connectivity index (χ3n) is 5.48. The Morgan fingerprint density at radius 1 is 1.19 bits per heavy atom. The van der Waals surface area contributed by atoms with Crippen molar-refractivity contribution in [3.63, 3.8) is 0 Å². The van der Waals surface area contributed by atoms with E-state index in [9.17, 15) is 5.11 Å². The number of aliphatic hydroxyl groups excluding tert-OH is 1. The molecule has 1 N–H and O–H groups in total. The lowest BCUT2D eigenvalue weighted by molar-refractivity contribution is -0.136. The van der Waals surface area contributed by atoms with E-state index in [2.05, 4.69) is 20.8 Å². The summed E-state index contributed by atoms with van der Waals surface area (Å²) in [6.07, 6.45) is 3.70. The molecule has 3 unspecified atom stereocenters. The molecule has 1 saturated heterocycles. The first-order valence-electron chi connectivity index (χ1n) is 8.32. The van der Waals surface area contributed by atoms with Crippen LogP contribution in [0.2, 0.25) is 0 Å². The molecule has 4 heteroatoms. The minimum absolute atomic E-state index is 0.00921. The molecule has 1 heterocycles. The van der Waals surface area contributed by atoms with Gasteiger partial charge in [0.25, 0.3) is 0 Å². The molecule has 2 aliphatic rings. The van der Waals surface area contributed by atoms with Crippen molar-refractivity contribution in [2.45, 2.75) is 70.4 Å². The van der Waals surface area contributed by atoms with Gasteiger partial charge in [-0.25, -0.2) is 0 Å². The molecule has 6 atom stereocenters. The Morgan fingerprint density at radius 3 is 2.33 bits per heavy atom. The zero-order valence-electron chi connectivity index (χ0n) is 14.2. The van der Waals surface area contributed by atoms with E-state index in [0.29, 0.717) is 5.92 Å². The van der Waals surface area contributed by atoms with Crippen LogP contribution < -0.4 is 0 Å². The van der Waals surface area contributed by atoms with E-state index >= 15 is 0 Å². The molecule has 0 aromatic heterocycles. The van der Waals surface area contributed by atoms with Crippen LogP contribution in [0.5, 0.6) is 0 Å². The number of ether oxygens (including phenoxy) is 3. The van der Waals surface area contributed by atoms with Gasteiger partial charge in [0.15, 0.2) is 0 Å². The topological polar surface area (TPSA) is 51.2 Å². The van der Waals surface area contributed by atoms with Crippen LogP contribution in [0.3, 0.4) is 0 Å². The summed E-state index contributed by atoms with van der Waals surface area (Å²) in [6.45, 7) is 7.34. The van der Waals surface area contributed by atoms with Crippen molar-refractivity contribution in [3.8, 4) is 0 Å². The van der Waals surface area contributed by atoms with E-state index in [1.165, 1.54) is 0 Å². The summed E-state index contributed by atoms with van der Waals surface area (Å²) in [6, 6.07) is 0. The average molecular weight is 300 g/mol. The van der Waals surface area contributed by atoms with Gasteiger partial charge in [0, 0.05) is 20.1 Å². The van der Waals surface area contributed by atoms with Gasteiger partial charge in [-0.05, 0) is 37.5 Å². The highest BCUT2D eigenvalue weighted by molar-refractivity contribution is 5.09. The van der Waals surface area contributed by atoms with Gasteiger partial charge in [-0.3, -0.25) is 0 Å². The fourth-order valence-electron chi connectivity index (χ4n) is 4.01. The first-order chi connectivity index (χ1) is 9.95. The maximum atomic E-state index is 10.6. The zero-order valence-corrected chi connectivity index (χ0v) is 14.2. The molecule has 1 aliphatic heterocycles. The van der Waals surface area contributed by atoms with Crippen molar-refractivity contribution in [1.29, 1.82) is 0 Å². The number of hydrogen-bond donors (Lipinski definition) is 1. The molecule has 1 aliphatic carbocycles. The first kappa shape index (κ1) is 17.2. The van der Waals surface area contributed by atoms with Crippen molar-refractivity contribution >= 4 is 0 Å². The molecule has 0 amide bonds. The molecule has 0 aromatic rings. The van der Waals surface area contributed by atoms with Gasteiger partial charge in [0.05, 0.1) is 30.5 Å². The molecule has 2 rings (SSSR count). The Balaban J connectivity index is 2.08. The van der Waals surface area contributed by atoms with Crippen LogP contribution in [0.4, 0.5) is 0 Å². The van der Waals surface area contributed by atoms with Crippen molar-refractivity contribution in [3.05, 3.63) is 0 Å². The maximum absolute atomic E-state index is 10.6. The fourth-order valence-corrected chi connectivity index (χ4v) is 4.01. The third-order valence-corrected chi connectivity index (χ3v) is 5.48. The minimum Gasteiger partial charge on any atom is -0.393 e. The van der Waals surface area contributed by atoms with Gasteiger partial charge >= 0.3 is 0 Å². The third kappa shape index (κ3) is 3.61. The van der Waals surface area contributed by atoms with Crippen molar-refractivity contribution in [1.82, 2.24) is 0 Å². The van der Waals surface area contributed by atoms with Crippen LogP contribution >= 0.6 is 0 Å². The molecule has 21 heavy (non-hydrogen) atoms. The second-order valence-corrected chi connectivity index (χ2v) is 7.29. The van der Waals surface area contributed by atoms with E-state index < -0.39 is 0 Å². The number of epoxide rings is 1. The standard InChI is InChI=1S/C17H32O4/c1-11(2)6-7-13(18)12(3)15-16(20-5)14(19-4)8-9-17(15)10-21-17/h11-16,18H,6-10H2,1-5H3/t12-,13-,14?,15?,16?,17+/m1/s1. The summed E-state index contributed by atoms with van der Waals surface area (Å²) < 4.78 is 17.2. The van der Waals surface area contributed by atoms with Crippen LogP contribution in [0, 0.1) is 17.8 Å². The highest BCUT2D eigenvalue weighted by atomic mass is 16.6. The summed E-state index contributed by atoms with van der Waals surface area (Å²) in [4.78, 5) is 0. The molecule has 0 radical (unpaired) electrons. The highest BCUT2D eigenvalue weighted by Gasteiger charge is 2.60. The van der Waals surface area contributed by atoms with Crippen molar-refractivity contribution in [2.75, 3.05) is 20.8 Å². The molecule has 0 aromatic carbocycles. The summed E-state index contributed by atoms with van der Waals surface area (Å²) >= 11 is 0. The van der Waals surface area contributed by atoms with E-state index in [0.717, 1.165) is 32.3 Å². The lowest BCUT2D eigenvalue weighted by Crippen LogP contribution is -2.53. The second-order valence-electron chi connectivity index (χ2n) is 7.29. The maximum Gasteiger partial charge on any atom is 0.0974 e. The van der Waals surface area contributed by atoms with Gasteiger partial charge in [0.1, 0.15) is 0 Å². The van der Waals surface area contributed by atoms with Crippen molar-refractivity contribution in [2.24, 2.45) is 17.8 Å². The van der Waals surface area contributed by atoms with E-state index in [-0.39, 0.29) is 35.7 Å². The number of aliphatic hydroxyl groups is 1. The number of rotatable bonds is 7. The highest BCUT2D eigenvalue weighted by Crippen LogP contribution is 2.51. The Labute approximate surface area is 129 Å². The summed E-state index contributed by atoms with van der Waals surface area (Å²) in [5.41, 5.74) is -0.0755. The minimum atomic E-state index is -0.299. The first-order valence-corrected chi connectivity index (χ1v) is 8.32. The van der Waals surface area contributed by atoms with Gasteiger partial charge in [-0.1, -0.05) is 20.8 Å². The van der Waals surface area contributed by atoms with Gasteiger partial charge in [0.2, 0.25) is 0 Å². The summed E-state index contributed by atoms with van der Waals surface area (Å²) in [7, 11) is 3.50. The normalized spacial score (nSPS) is 38.7. The van der Waals surface area contributed by atoms with Gasteiger partial charge in [-0.15, -0.1) is 0 Å². The van der Waals surface area contributed by atoms with E-state index in [1.807, 2.05) is 0 Å². The van der Waals surface area contributed by atoms with Crippen LogP contribution in [0.15, 0.2) is 0 Å². The van der Waals surface area contributed by atoms with E-state index in [4.69, 9.17) is 14.2 Å². The van der Waals surface area contributed by atoms with Gasteiger partial charge in [-0.2, -0.15) is 0 Å². The Hall–Kier alpha value is -0.160. The van der Waals surface area contributed by atoms with E-state index in [1.54, 1.807) is 14.2 Å². The fraction of sp³-hybridized carbons (Fsp3) is 1.00. The molecule has 0 bridgehead atoms. The quantitative estimate of drug-likeness (QED) is 0.734. The lowest BCUT2D eigenvalue weighted by atomic mass is 9.68. The average Bonchev–Trinajstić information content (AvgIpc) is 3.23. The van der Waals surface area contributed by atoms with Gasteiger partial charge < -0.3 is 19.3 Å². The summed E-state index contributed by atoms with van der Waals surface area (Å²) in [5.74, 6) is 0.992. The van der Waals surface area contributed by atoms with Crippen LogP contribution in [-0.2, 0) is 14.2 Å². The lowest BCUT2D eigenvalue weighted by Gasteiger charge is -2.44. The monoisotopic (exact) mass is 300 g/mol. The van der Waals surface area contributed by atoms with Crippen LogP contribution in [0.25, 0.3) is 0 Å². The molecule has 1 spiro atoms. The molecule has 124 valence electrons. The Kier molecular flexibility index (Phi) is 5.69. The molecular weight excluding hydrogens is 268 g/mol. The largest absolute Gasteiger partial charge is 0.393 e. The predicted molar refractivity (Wildman–Crippen MR) is 82.2 cm³/mol. The Bertz CT molecular complexity index is 327. The summed E-state index contributed by atoms with van der Waals surface area (Å²) in [5, 5.41) is 10.6. The van der Waals surface area contributed by atoms with Crippen LogP contribution in [-0.4, -0.2) is 49.8 Å². The second kappa shape index (κ2) is 6.95. The smallest absolute Gasteiger partial charge is 0.0974 e. The predicted octanol–water partition coefficient (Wildman–Crippen LogP) is 2.63. The molecule has 4 nitrogen and oxygen atoms in total. The Morgan fingerprint density at radius 2 is 1.86 bits per heavy atom. The zero-order chi connectivity index (χ0) is 15.6.